The molecule has 2 heterocycles. The molecule has 0 radical (unpaired) electrons. The van der Waals surface area contributed by atoms with Crippen molar-refractivity contribution in [2.24, 2.45) is 7.05 Å². The van der Waals surface area contributed by atoms with Crippen LogP contribution in [-0.2, 0) is 7.05 Å². The Morgan fingerprint density at radius 2 is 2.00 bits per heavy atom. The van der Waals surface area contributed by atoms with Gasteiger partial charge in [0, 0.05) is 36.9 Å². The maximum absolute atomic E-state index is 12.7. The largest absolute Gasteiger partial charge is 0.399 e. The Morgan fingerprint density at radius 3 is 2.73 bits per heavy atom. The Balaban J connectivity index is 2.34. The van der Waals surface area contributed by atoms with Crippen LogP contribution in [0.5, 0.6) is 0 Å². The molecule has 0 saturated heterocycles. The van der Waals surface area contributed by atoms with Crippen LogP contribution in [-0.4, -0.2) is 21.6 Å². The van der Waals surface area contributed by atoms with Gasteiger partial charge in [-0.1, -0.05) is 6.07 Å². The lowest BCUT2D eigenvalue weighted by molar-refractivity contribution is 0.886. The molecule has 0 fully saturated rings. The highest BCUT2D eigenvalue weighted by molar-refractivity contribution is 5.82. The molecule has 0 aliphatic carbocycles. The normalized spacial score (nSPS) is 10.9. The van der Waals surface area contributed by atoms with Gasteiger partial charge in [-0.15, -0.1) is 0 Å². The molecule has 22 heavy (non-hydrogen) atoms. The van der Waals surface area contributed by atoms with E-state index in [0.29, 0.717) is 22.8 Å². The summed E-state index contributed by atoms with van der Waals surface area (Å²) in [5.74, 6) is 0.482. The Hall–Kier alpha value is -2.89. The maximum atomic E-state index is 12.7. The van der Waals surface area contributed by atoms with Gasteiger partial charge in [0.25, 0.3) is 5.56 Å². The van der Waals surface area contributed by atoms with Crippen LogP contribution in [0.1, 0.15) is 5.56 Å². The van der Waals surface area contributed by atoms with E-state index in [4.69, 9.17) is 5.73 Å². The van der Waals surface area contributed by atoms with Crippen molar-refractivity contribution in [1.82, 2.24) is 14.5 Å². The number of nitrogens with one attached hydrogen (secondary N) is 1. The van der Waals surface area contributed by atoms with Gasteiger partial charge in [0.1, 0.15) is 5.65 Å². The summed E-state index contributed by atoms with van der Waals surface area (Å²) < 4.78 is 1.54. The third kappa shape index (κ3) is 2.18. The highest BCUT2D eigenvalue weighted by atomic mass is 16.1. The highest BCUT2D eigenvalue weighted by Gasteiger charge is 2.12. The van der Waals surface area contributed by atoms with Crippen LogP contribution in [0.15, 0.2) is 35.3 Å². The molecule has 0 atom stereocenters. The number of nitrogen functional groups attached to an aromatic ring is 1. The first kappa shape index (κ1) is 14.1. The fourth-order valence-electron chi connectivity index (χ4n) is 2.49. The lowest BCUT2D eigenvalue weighted by atomic mass is 10.0. The van der Waals surface area contributed by atoms with Gasteiger partial charge >= 0.3 is 0 Å². The van der Waals surface area contributed by atoms with E-state index in [2.05, 4.69) is 15.3 Å². The monoisotopic (exact) mass is 295 g/mol. The number of aromatic nitrogens is 3. The van der Waals surface area contributed by atoms with Crippen molar-refractivity contribution >= 4 is 22.7 Å². The van der Waals surface area contributed by atoms with Gasteiger partial charge in [0.05, 0.1) is 0 Å². The topological polar surface area (TPSA) is 85.8 Å². The van der Waals surface area contributed by atoms with Gasteiger partial charge in [0.2, 0.25) is 5.95 Å². The summed E-state index contributed by atoms with van der Waals surface area (Å²) in [5, 5.41) is 3.68. The lowest BCUT2D eigenvalue weighted by Crippen LogP contribution is -2.20. The van der Waals surface area contributed by atoms with Crippen LogP contribution in [0.3, 0.4) is 0 Å². The van der Waals surface area contributed by atoms with Gasteiger partial charge in [-0.05, 0) is 36.2 Å². The van der Waals surface area contributed by atoms with E-state index in [0.717, 1.165) is 16.5 Å². The number of nitrogens with two attached hydrogens (primary N) is 1. The van der Waals surface area contributed by atoms with Gasteiger partial charge in [-0.25, -0.2) is 4.98 Å². The molecule has 2 aromatic heterocycles. The summed E-state index contributed by atoms with van der Waals surface area (Å²) >= 11 is 0. The third-order valence-electron chi connectivity index (χ3n) is 3.72. The third-order valence-corrected chi connectivity index (χ3v) is 3.72. The second kappa shape index (κ2) is 5.14. The van der Waals surface area contributed by atoms with E-state index in [1.807, 2.05) is 31.2 Å². The summed E-state index contributed by atoms with van der Waals surface area (Å²) in [7, 11) is 3.45. The molecule has 0 saturated carbocycles. The summed E-state index contributed by atoms with van der Waals surface area (Å²) in [4.78, 5) is 21.2. The predicted octanol–water partition coefficient (Wildman–Crippen LogP) is 1.93. The van der Waals surface area contributed by atoms with E-state index in [-0.39, 0.29) is 5.56 Å². The minimum absolute atomic E-state index is 0.109. The van der Waals surface area contributed by atoms with Crippen LogP contribution in [0.2, 0.25) is 0 Å². The Labute approximate surface area is 127 Å². The molecule has 0 amide bonds. The number of fused-ring (bicyclic) bond motifs is 1. The minimum Gasteiger partial charge on any atom is -0.399 e. The number of rotatable bonds is 2. The Kier molecular flexibility index (Phi) is 3.29. The first-order valence-corrected chi connectivity index (χ1v) is 6.92. The first-order valence-electron chi connectivity index (χ1n) is 6.92. The van der Waals surface area contributed by atoms with Gasteiger partial charge in [-0.2, -0.15) is 4.98 Å². The average Bonchev–Trinajstić information content (AvgIpc) is 2.53. The smallest absolute Gasteiger partial charge is 0.259 e. The molecule has 0 aliphatic heterocycles. The molecule has 112 valence electrons. The van der Waals surface area contributed by atoms with Crippen molar-refractivity contribution < 1.29 is 0 Å². The molecule has 3 N–H and O–H groups in total. The maximum Gasteiger partial charge on any atom is 0.259 e. The second-order valence-electron chi connectivity index (χ2n) is 5.22. The van der Waals surface area contributed by atoms with Crippen LogP contribution in [0.25, 0.3) is 22.2 Å². The number of aryl methyl sites for hydroxylation is 2. The summed E-state index contributed by atoms with van der Waals surface area (Å²) in [5.41, 5.74) is 9.40. The molecule has 3 rings (SSSR count). The minimum atomic E-state index is -0.109. The van der Waals surface area contributed by atoms with Gasteiger partial charge in [-0.3, -0.25) is 9.36 Å². The number of hydrogen-bond acceptors (Lipinski definition) is 5. The molecule has 1 aromatic carbocycles. The zero-order chi connectivity index (χ0) is 15.9. The van der Waals surface area contributed by atoms with Crippen LogP contribution in [0, 0.1) is 6.92 Å². The average molecular weight is 295 g/mol. The van der Waals surface area contributed by atoms with Crippen LogP contribution in [0.4, 0.5) is 11.6 Å². The number of hydrogen-bond donors (Lipinski definition) is 2. The molecule has 0 unspecified atom stereocenters. The molecule has 0 aliphatic rings. The Bertz CT molecular complexity index is 930. The summed E-state index contributed by atoms with van der Waals surface area (Å²) in [6.45, 7) is 1.96. The quantitative estimate of drug-likeness (QED) is 0.706. The van der Waals surface area contributed by atoms with E-state index in [1.54, 1.807) is 20.3 Å². The first-order chi connectivity index (χ1) is 10.5. The van der Waals surface area contributed by atoms with Crippen molar-refractivity contribution in [3.8, 4) is 11.1 Å². The van der Waals surface area contributed by atoms with Crippen molar-refractivity contribution in [2.45, 2.75) is 6.92 Å². The van der Waals surface area contributed by atoms with Crippen LogP contribution >= 0.6 is 0 Å². The molecule has 0 spiro atoms. The predicted molar refractivity (Wildman–Crippen MR) is 88.9 cm³/mol. The lowest BCUT2D eigenvalue weighted by Gasteiger charge is -2.11. The number of benzene rings is 1. The molecule has 6 heteroatoms. The highest BCUT2D eigenvalue weighted by Crippen LogP contribution is 2.25. The second-order valence-corrected chi connectivity index (χ2v) is 5.22. The van der Waals surface area contributed by atoms with Crippen molar-refractivity contribution in [2.75, 3.05) is 18.1 Å². The molecule has 3 aromatic rings. The van der Waals surface area contributed by atoms with Gasteiger partial charge in [0.15, 0.2) is 0 Å². The number of pyridine rings is 1. The number of anilines is 2. The fraction of sp³-hybridized carbons (Fsp3) is 0.188. The van der Waals surface area contributed by atoms with E-state index in [9.17, 15) is 4.79 Å². The molecular weight excluding hydrogens is 278 g/mol. The fourth-order valence-corrected chi connectivity index (χ4v) is 2.49. The standard InChI is InChI=1S/C16H17N5O/c1-9-4-5-11(17)7-12(9)13-6-10-8-19-16(18-2)20-14(10)21(3)15(13)22/h4-8H,17H2,1-3H3,(H,18,19,20). The number of nitrogens with zero attached hydrogens (tertiary/aromatic N) is 3. The van der Waals surface area contributed by atoms with E-state index in [1.165, 1.54) is 4.57 Å². The SMILES string of the molecule is CNc1ncc2cc(-c3cc(N)ccc3C)c(=O)n(C)c2n1. The molecule has 0 bridgehead atoms. The summed E-state index contributed by atoms with van der Waals surface area (Å²) in [6.07, 6.45) is 1.71. The van der Waals surface area contributed by atoms with Crippen molar-refractivity contribution in [3.05, 3.63) is 46.4 Å². The van der Waals surface area contributed by atoms with E-state index >= 15 is 0 Å². The van der Waals surface area contributed by atoms with Crippen molar-refractivity contribution in [3.63, 3.8) is 0 Å². The summed E-state index contributed by atoms with van der Waals surface area (Å²) in [6, 6.07) is 7.38. The zero-order valence-electron chi connectivity index (χ0n) is 12.7. The van der Waals surface area contributed by atoms with Crippen molar-refractivity contribution in [1.29, 1.82) is 0 Å². The van der Waals surface area contributed by atoms with Crippen LogP contribution < -0.4 is 16.6 Å². The Morgan fingerprint density at radius 1 is 1.23 bits per heavy atom. The van der Waals surface area contributed by atoms with E-state index < -0.39 is 0 Å². The molecule has 6 nitrogen and oxygen atoms in total. The molecular formula is C16H17N5O. The van der Waals surface area contributed by atoms with Gasteiger partial charge < -0.3 is 11.1 Å². The zero-order valence-corrected chi connectivity index (χ0v) is 12.7.